The Bertz CT molecular complexity index is 1530. The van der Waals surface area contributed by atoms with Crippen molar-refractivity contribution in [3.63, 3.8) is 0 Å². The molecule has 9 heteroatoms. The van der Waals surface area contributed by atoms with Crippen molar-refractivity contribution < 1.29 is 27.8 Å². The van der Waals surface area contributed by atoms with Gasteiger partial charge in [-0.3, -0.25) is 14.4 Å². The zero-order valence-electron chi connectivity index (χ0n) is 24.8. The summed E-state index contributed by atoms with van der Waals surface area (Å²) in [5.74, 6) is -2.34. The van der Waals surface area contributed by atoms with E-state index in [9.17, 15) is 23.2 Å². The van der Waals surface area contributed by atoms with Crippen molar-refractivity contribution >= 4 is 11.7 Å². The maximum absolute atomic E-state index is 14.2. The van der Waals surface area contributed by atoms with Crippen molar-refractivity contribution in [2.45, 2.75) is 59.2 Å². The molecule has 43 heavy (non-hydrogen) atoms. The summed E-state index contributed by atoms with van der Waals surface area (Å²) in [4.78, 5) is 41.1. The van der Waals surface area contributed by atoms with Gasteiger partial charge in [0.1, 0.15) is 29.5 Å². The van der Waals surface area contributed by atoms with Crippen LogP contribution in [0.4, 0.5) is 8.78 Å². The smallest absolute Gasteiger partial charge is 0.257 e. The van der Waals surface area contributed by atoms with Crippen LogP contribution in [0.1, 0.15) is 71.5 Å². The number of nitrogens with zero attached hydrogens (tertiary/aromatic N) is 1. The van der Waals surface area contributed by atoms with E-state index in [-0.39, 0.29) is 59.8 Å². The number of halogens is 2. The number of hydrogen-bond donors (Lipinski definition) is 1. The van der Waals surface area contributed by atoms with Crippen LogP contribution in [0.3, 0.4) is 0 Å². The molecule has 0 radical (unpaired) electrons. The summed E-state index contributed by atoms with van der Waals surface area (Å²) >= 11 is 0. The molecule has 0 saturated heterocycles. The van der Waals surface area contributed by atoms with Gasteiger partial charge in [-0.2, -0.15) is 0 Å². The maximum Gasteiger partial charge on any atom is 0.257 e. The minimum absolute atomic E-state index is 0.0171. The average molecular weight is 593 g/mol. The third-order valence-electron chi connectivity index (χ3n) is 7.44. The Morgan fingerprint density at radius 1 is 1.12 bits per heavy atom. The number of pyridine rings is 1. The van der Waals surface area contributed by atoms with Crippen LogP contribution in [0.15, 0.2) is 71.2 Å². The monoisotopic (exact) mass is 592 g/mol. The average Bonchev–Trinajstić information content (AvgIpc) is 2.97. The molecular formula is C34H38F2N2O5. The number of aryl methyl sites for hydroxylation is 1. The number of amides is 1. The fourth-order valence-corrected chi connectivity index (χ4v) is 5.31. The molecule has 0 fully saturated rings. The van der Waals surface area contributed by atoms with Gasteiger partial charge in [-0.05, 0) is 42.7 Å². The number of benzene rings is 2. The molecule has 0 saturated carbocycles. The van der Waals surface area contributed by atoms with Gasteiger partial charge in [0.25, 0.3) is 5.91 Å². The van der Waals surface area contributed by atoms with Crippen LogP contribution in [0.2, 0.25) is 0 Å². The Balaban J connectivity index is 1.77. The van der Waals surface area contributed by atoms with Crippen LogP contribution in [-0.2, 0) is 24.4 Å². The Labute approximate surface area is 250 Å². The van der Waals surface area contributed by atoms with Crippen molar-refractivity contribution in [1.29, 1.82) is 0 Å². The zero-order valence-corrected chi connectivity index (χ0v) is 24.8. The first kappa shape index (κ1) is 31.8. The van der Waals surface area contributed by atoms with Gasteiger partial charge in [0.15, 0.2) is 11.5 Å². The molecule has 1 aliphatic heterocycles. The predicted octanol–water partition coefficient (Wildman–Crippen LogP) is 6.24. The standard InChI is InChI=1S/C34H38F2N2O5/c1-22(2)15-25-10-9-24(20-42-3)13-14-38-19-28(34(41)37-18-26-11-12-27(35)17-29(26)36)32(40)33(31(38)30(39)16-25)43-21-23-7-5-4-6-8-23/h4-8,11-12,15,17,19,22,24H,9-10,13-14,16,18,20-21H2,1-3H3,(H,37,41)/b25-15+/t24-/m1/s1. The number of hydrogen-bond acceptors (Lipinski definition) is 5. The maximum atomic E-state index is 14.2. The normalized spacial score (nSPS) is 16.7. The number of nitrogens with one attached hydrogen (secondary N) is 1. The topological polar surface area (TPSA) is 86.6 Å². The molecular weight excluding hydrogens is 554 g/mol. The molecule has 1 aliphatic rings. The SMILES string of the molecule is COC[C@@H]1CC/C(=C\C(C)C)CC(=O)c2c(OCc3ccccc3)c(=O)c(C(=O)NCc3ccc(F)cc3F)cn2CC1. The number of carbonyl (C=O) groups excluding carboxylic acids is 2. The van der Waals surface area contributed by atoms with Crippen molar-refractivity contribution in [3.8, 4) is 5.75 Å². The number of allylic oxidation sites excluding steroid dienone is 2. The summed E-state index contributed by atoms with van der Waals surface area (Å²) in [5, 5.41) is 2.56. The van der Waals surface area contributed by atoms with Crippen molar-refractivity contribution in [2.75, 3.05) is 13.7 Å². The van der Waals surface area contributed by atoms with Gasteiger partial charge >= 0.3 is 0 Å². The number of rotatable bonds is 9. The molecule has 1 aromatic heterocycles. The Hall–Kier alpha value is -4.11. The van der Waals surface area contributed by atoms with E-state index in [2.05, 4.69) is 25.2 Å². The fourth-order valence-electron chi connectivity index (χ4n) is 5.31. The van der Waals surface area contributed by atoms with E-state index in [4.69, 9.17) is 9.47 Å². The minimum Gasteiger partial charge on any atom is -0.483 e. The second-order valence-electron chi connectivity index (χ2n) is 11.3. The molecule has 0 bridgehead atoms. The first-order valence-electron chi connectivity index (χ1n) is 14.5. The number of fused-ring (bicyclic) bond motifs is 1. The molecule has 7 nitrogen and oxygen atoms in total. The van der Waals surface area contributed by atoms with E-state index < -0.39 is 23.0 Å². The molecule has 1 N–H and O–H groups in total. The van der Waals surface area contributed by atoms with Crippen molar-refractivity contribution in [1.82, 2.24) is 9.88 Å². The number of methoxy groups -OCH3 is 1. The lowest BCUT2D eigenvalue weighted by atomic mass is 9.91. The summed E-state index contributed by atoms with van der Waals surface area (Å²) < 4.78 is 40.7. The highest BCUT2D eigenvalue weighted by Gasteiger charge is 2.28. The molecule has 228 valence electrons. The van der Waals surface area contributed by atoms with Crippen LogP contribution in [-0.4, -0.2) is 30.0 Å². The minimum atomic E-state index is -0.811. The second kappa shape index (κ2) is 14.9. The lowest BCUT2D eigenvalue weighted by Crippen LogP contribution is -2.33. The summed E-state index contributed by atoms with van der Waals surface area (Å²) in [6.45, 7) is 4.75. The second-order valence-corrected chi connectivity index (χ2v) is 11.3. The molecule has 0 unspecified atom stereocenters. The van der Waals surface area contributed by atoms with Crippen molar-refractivity contribution in [2.24, 2.45) is 11.8 Å². The molecule has 1 amide bonds. The Kier molecular flexibility index (Phi) is 11.0. The molecule has 1 atom stereocenters. The highest BCUT2D eigenvalue weighted by atomic mass is 19.1. The zero-order chi connectivity index (χ0) is 30.9. The van der Waals surface area contributed by atoms with E-state index in [1.807, 2.05) is 30.3 Å². The fraction of sp³-hybridized carbons (Fsp3) is 0.382. The largest absolute Gasteiger partial charge is 0.483 e. The van der Waals surface area contributed by atoms with E-state index >= 15 is 0 Å². The van der Waals surface area contributed by atoms with Crippen LogP contribution in [0, 0.1) is 23.5 Å². The van der Waals surface area contributed by atoms with Crippen LogP contribution < -0.4 is 15.5 Å². The van der Waals surface area contributed by atoms with Gasteiger partial charge in [-0.1, -0.05) is 61.9 Å². The first-order valence-corrected chi connectivity index (χ1v) is 14.5. The molecule has 2 aromatic carbocycles. The molecule has 3 aromatic rings. The van der Waals surface area contributed by atoms with Crippen LogP contribution >= 0.6 is 0 Å². The Morgan fingerprint density at radius 2 is 1.88 bits per heavy atom. The van der Waals surface area contributed by atoms with Crippen LogP contribution in [0.5, 0.6) is 5.75 Å². The van der Waals surface area contributed by atoms with Gasteiger partial charge in [0.05, 0.1) is 0 Å². The molecule has 4 rings (SSSR count). The number of ketones is 1. The third-order valence-corrected chi connectivity index (χ3v) is 7.44. The molecule has 0 aliphatic carbocycles. The number of aromatic nitrogens is 1. The van der Waals surface area contributed by atoms with E-state index in [0.717, 1.165) is 36.1 Å². The highest BCUT2D eigenvalue weighted by molar-refractivity contribution is 6.00. The lowest BCUT2D eigenvalue weighted by Gasteiger charge is -2.24. The van der Waals surface area contributed by atoms with E-state index in [0.29, 0.717) is 19.6 Å². The summed E-state index contributed by atoms with van der Waals surface area (Å²) in [6, 6.07) is 12.3. The van der Waals surface area contributed by atoms with Gasteiger partial charge in [-0.25, -0.2) is 8.78 Å². The summed E-state index contributed by atoms with van der Waals surface area (Å²) in [7, 11) is 1.65. The predicted molar refractivity (Wildman–Crippen MR) is 160 cm³/mol. The summed E-state index contributed by atoms with van der Waals surface area (Å²) in [6.07, 6.45) is 5.82. The Morgan fingerprint density at radius 3 is 2.58 bits per heavy atom. The number of ether oxygens (including phenoxy) is 2. The quantitative estimate of drug-likeness (QED) is 0.298. The van der Waals surface area contributed by atoms with Gasteiger partial charge in [0.2, 0.25) is 5.43 Å². The number of carbonyl (C=O) groups is 2. The van der Waals surface area contributed by atoms with Gasteiger partial charge in [0, 0.05) is 51.1 Å². The van der Waals surface area contributed by atoms with Crippen LogP contribution in [0.25, 0.3) is 0 Å². The lowest BCUT2D eigenvalue weighted by molar-refractivity contribution is 0.0937. The van der Waals surface area contributed by atoms with E-state index in [1.54, 1.807) is 11.7 Å². The first-order chi connectivity index (χ1) is 20.7. The van der Waals surface area contributed by atoms with Crippen molar-refractivity contribution in [3.05, 3.63) is 111 Å². The van der Waals surface area contributed by atoms with Gasteiger partial charge < -0.3 is 19.4 Å². The summed E-state index contributed by atoms with van der Waals surface area (Å²) in [5.41, 5.74) is 0.994. The third kappa shape index (κ3) is 8.47. The number of Topliss-reactive ketones (excluding diaryl/α,β-unsaturated/α-hetero) is 1. The molecule has 0 spiro atoms. The van der Waals surface area contributed by atoms with Gasteiger partial charge in [-0.15, -0.1) is 0 Å². The molecule has 2 heterocycles. The highest BCUT2D eigenvalue weighted by Crippen LogP contribution is 2.28. The van der Waals surface area contributed by atoms with E-state index in [1.165, 1.54) is 12.3 Å².